The van der Waals surface area contributed by atoms with Crippen molar-refractivity contribution in [2.45, 2.75) is 13.0 Å². The first-order valence-electron chi connectivity index (χ1n) is 8.77. The predicted octanol–water partition coefficient (Wildman–Crippen LogP) is 3.07. The summed E-state index contributed by atoms with van der Waals surface area (Å²) in [5, 5.41) is 21.6. The Balaban J connectivity index is 1.86. The Morgan fingerprint density at radius 2 is 1.83 bits per heavy atom. The fourth-order valence-corrected chi connectivity index (χ4v) is 3.24. The summed E-state index contributed by atoms with van der Waals surface area (Å²) in [5.41, 5.74) is -0.0268. The van der Waals surface area contributed by atoms with Crippen LogP contribution in [0.3, 0.4) is 0 Å². The van der Waals surface area contributed by atoms with Gasteiger partial charge in [0, 0.05) is 24.5 Å². The zero-order valence-corrected chi connectivity index (χ0v) is 15.6. The molecule has 0 radical (unpaired) electrons. The number of amides is 1. The van der Waals surface area contributed by atoms with Crippen molar-refractivity contribution in [1.29, 1.82) is 0 Å². The minimum Gasteiger partial charge on any atom is -0.503 e. The molecule has 4 rings (SSSR count). The van der Waals surface area contributed by atoms with E-state index in [1.807, 2.05) is 0 Å². The highest BCUT2D eigenvalue weighted by molar-refractivity contribution is 6.19. The summed E-state index contributed by atoms with van der Waals surface area (Å²) in [6.07, 6.45) is 2.82. The molecule has 0 saturated heterocycles. The molecule has 1 atom stereocenters. The second-order valence-corrected chi connectivity index (χ2v) is 6.48. The number of rotatable bonds is 5. The van der Waals surface area contributed by atoms with E-state index in [0.717, 1.165) is 4.90 Å². The highest BCUT2D eigenvalue weighted by Gasteiger charge is 2.46. The standard InChI is InChI=1S/C20H14N4O6/c1-11-3-8-14(30-11)17(25)15-16(12-4-6-13(7-5-12)24(28)29)23(19(27)18(15)26)20-21-9-2-10-22-20/h2-10,16,26H,1H3/t16-/m1/s1. The van der Waals surface area contributed by atoms with E-state index in [1.54, 1.807) is 19.1 Å². The van der Waals surface area contributed by atoms with Gasteiger partial charge in [0.25, 0.3) is 11.6 Å². The van der Waals surface area contributed by atoms with Crippen molar-refractivity contribution in [3.8, 4) is 0 Å². The summed E-state index contributed by atoms with van der Waals surface area (Å²) in [7, 11) is 0. The number of ketones is 1. The smallest absolute Gasteiger partial charge is 0.296 e. The van der Waals surface area contributed by atoms with Crippen LogP contribution in [0.2, 0.25) is 0 Å². The molecule has 1 amide bonds. The number of carbonyl (C=O) groups is 2. The molecule has 1 N–H and O–H groups in total. The van der Waals surface area contributed by atoms with E-state index >= 15 is 0 Å². The third-order valence-electron chi connectivity index (χ3n) is 4.60. The number of hydrogen-bond acceptors (Lipinski definition) is 8. The van der Waals surface area contributed by atoms with Gasteiger partial charge in [-0.1, -0.05) is 0 Å². The van der Waals surface area contributed by atoms with Crippen molar-refractivity contribution < 1.29 is 24.0 Å². The van der Waals surface area contributed by atoms with E-state index < -0.39 is 28.4 Å². The number of benzene rings is 1. The van der Waals surface area contributed by atoms with Crippen LogP contribution in [0.5, 0.6) is 0 Å². The monoisotopic (exact) mass is 406 g/mol. The van der Waals surface area contributed by atoms with Crippen LogP contribution in [-0.2, 0) is 4.79 Å². The number of aliphatic hydroxyl groups is 1. The molecule has 3 aromatic rings. The number of aliphatic hydroxyl groups excluding tert-OH is 1. The average molecular weight is 406 g/mol. The van der Waals surface area contributed by atoms with Crippen LogP contribution in [0.25, 0.3) is 0 Å². The first kappa shape index (κ1) is 19.0. The molecule has 0 bridgehead atoms. The van der Waals surface area contributed by atoms with Crippen molar-refractivity contribution in [3.05, 3.63) is 93.4 Å². The SMILES string of the molecule is Cc1ccc(C(=O)C2=C(O)C(=O)N(c3ncccn3)[C@@H]2c2ccc([N+](=O)[O-])cc2)o1. The van der Waals surface area contributed by atoms with Crippen LogP contribution in [0.15, 0.2) is 70.6 Å². The molecule has 1 aliphatic heterocycles. The van der Waals surface area contributed by atoms with E-state index in [2.05, 4.69) is 9.97 Å². The molecule has 0 aliphatic carbocycles. The second-order valence-electron chi connectivity index (χ2n) is 6.48. The van der Waals surface area contributed by atoms with Crippen molar-refractivity contribution in [2.75, 3.05) is 4.90 Å². The number of nitro groups is 1. The molecule has 0 fully saturated rings. The van der Waals surface area contributed by atoms with Crippen LogP contribution in [0.4, 0.5) is 11.6 Å². The van der Waals surface area contributed by atoms with Gasteiger partial charge < -0.3 is 9.52 Å². The van der Waals surface area contributed by atoms with Gasteiger partial charge in [-0.3, -0.25) is 24.6 Å². The summed E-state index contributed by atoms with van der Waals surface area (Å²) in [5.74, 6) is -1.91. The summed E-state index contributed by atoms with van der Waals surface area (Å²) < 4.78 is 5.37. The molecule has 3 heterocycles. The molecule has 0 unspecified atom stereocenters. The summed E-state index contributed by atoms with van der Waals surface area (Å²) in [6.45, 7) is 1.66. The van der Waals surface area contributed by atoms with E-state index in [1.165, 1.54) is 42.7 Å². The Labute approximate surface area is 169 Å². The predicted molar refractivity (Wildman–Crippen MR) is 103 cm³/mol. The van der Waals surface area contributed by atoms with Crippen LogP contribution < -0.4 is 4.90 Å². The summed E-state index contributed by atoms with van der Waals surface area (Å²) in [4.78, 5) is 45.6. The van der Waals surface area contributed by atoms with Gasteiger partial charge in [0.2, 0.25) is 11.7 Å². The summed E-state index contributed by atoms with van der Waals surface area (Å²) >= 11 is 0. The molecule has 1 aliphatic rings. The van der Waals surface area contributed by atoms with Gasteiger partial charge in [0.05, 0.1) is 16.5 Å². The second kappa shape index (κ2) is 7.24. The molecule has 10 nitrogen and oxygen atoms in total. The molecule has 30 heavy (non-hydrogen) atoms. The average Bonchev–Trinajstić information content (AvgIpc) is 3.30. The molecule has 2 aromatic heterocycles. The zero-order chi connectivity index (χ0) is 21.4. The Bertz CT molecular complexity index is 1180. The van der Waals surface area contributed by atoms with Crippen molar-refractivity contribution in [3.63, 3.8) is 0 Å². The Morgan fingerprint density at radius 1 is 1.17 bits per heavy atom. The number of furan rings is 1. The van der Waals surface area contributed by atoms with Gasteiger partial charge in [-0.05, 0) is 42.8 Å². The van der Waals surface area contributed by atoms with Crippen LogP contribution >= 0.6 is 0 Å². The lowest BCUT2D eigenvalue weighted by Gasteiger charge is -2.24. The number of carbonyl (C=O) groups excluding carboxylic acids is 2. The number of nitrogens with zero attached hydrogens (tertiary/aromatic N) is 4. The molecule has 0 saturated carbocycles. The third-order valence-corrected chi connectivity index (χ3v) is 4.60. The number of Topliss-reactive ketones (excluding diaryl/α,β-unsaturated/α-hetero) is 1. The lowest BCUT2D eigenvalue weighted by atomic mass is 9.95. The molecule has 0 spiro atoms. The van der Waals surface area contributed by atoms with Gasteiger partial charge >= 0.3 is 0 Å². The van der Waals surface area contributed by atoms with E-state index in [9.17, 15) is 24.8 Å². The van der Waals surface area contributed by atoms with Crippen molar-refractivity contribution >= 4 is 23.3 Å². The highest BCUT2D eigenvalue weighted by atomic mass is 16.6. The van der Waals surface area contributed by atoms with Gasteiger partial charge in [-0.15, -0.1) is 0 Å². The lowest BCUT2D eigenvalue weighted by Crippen LogP contribution is -2.32. The normalized spacial score (nSPS) is 16.2. The van der Waals surface area contributed by atoms with Gasteiger partial charge in [-0.2, -0.15) is 0 Å². The van der Waals surface area contributed by atoms with Crippen molar-refractivity contribution in [2.24, 2.45) is 0 Å². The van der Waals surface area contributed by atoms with Crippen LogP contribution in [-0.4, -0.2) is 31.7 Å². The van der Waals surface area contributed by atoms with Crippen LogP contribution in [0, 0.1) is 17.0 Å². The van der Waals surface area contributed by atoms with Gasteiger partial charge in [-0.25, -0.2) is 9.97 Å². The number of anilines is 1. The van der Waals surface area contributed by atoms with Crippen molar-refractivity contribution in [1.82, 2.24) is 9.97 Å². The minimum atomic E-state index is -1.10. The number of hydrogen-bond donors (Lipinski definition) is 1. The van der Waals surface area contributed by atoms with E-state index in [0.29, 0.717) is 11.3 Å². The topological polar surface area (TPSA) is 140 Å². The van der Waals surface area contributed by atoms with E-state index in [-0.39, 0.29) is 23.0 Å². The maximum atomic E-state index is 13.1. The largest absolute Gasteiger partial charge is 0.503 e. The maximum Gasteiger partial charge on any atom is 0.296 e. The Kier molecular flexibility index (Phi) is 4.59. The molecule has 150 valence electrons. The van der Waals surface area contributed by atoms with E-state index in [4.69, 9.17) is 4.42 Å². The number of non-ortho nitro benzene ring substituents is 1. The van der Waals surface area contributed by atoms with Gasteiger partial charge in [0.1, 0.15) is 5.76 Å². The fraction of sp³-hybridized carbons (Fsp3) is 0.100. The lowest BCUT2D eigenvalue weighted by molar-refractivity contribution is -0.384. The number of aryl methyl sites for hydroxylation is 1. The molecular formula is C20H14N4O6. The minimum absolute atomic E-state index is 0.0316. The van der Waals surface area contributed by atoms with Crippen LogP contribution in [0.1, 0.15) is 27.9 Å². The quantitative estimate of drug-likeness (QED) is 0.387. The zero-order valence-electron chi connectivity index (χ0n) is 15.6. The molecule has 1 aromatic carbocycles. The number of nitro benzene ring substituents is 1. The van der Waals surface area contributed by atoms with Gasteiger partial charge in [0.15, 0.2) is 11.5 Å². The Hall–Kier alpha value is -4.34. The molecule has 10 heteroatoms. The first-order valence-corrected chi connectivity index (χ1v) is 8.77. The fourth-order valence-electron chi connectivity index (χ4n) is 3.24. The number of aromatic nitrogens is 2. The molecular weight excluding hydrogens is 392 g/mol. The first-order chi connectivity index (χ1) is 14.4. The Morgan fingerprint density at radius 3 is 2.40 bits per heavy atom. The summed E-state index contributed by atoms with van der Waals surface area (Å²) in [6, 6.07) is 8.79. The maximum absolute atomic E-state index is 13.1. The third kappa shape index (κ3) is 3.09. The highest BCUT2D eigenvalue weighted by Crippen LogP contribution is 2.41.